The maximum absolute atomic E-state index is 12.8. The monoisotopic (exact) mass is 328 g/mol. The molecule has 0 aromatic heterocycles. The van der Waals surface area contributed by atoms with Crippen LogP contribution in [0.2, 0.25) is 0 Å². The summed E-state index contributed by atoms with van der Waals surface area (Å²) in [6.45, 7) is 3.49. The summed E-state index contributed by atoms with van der Waals surface area (Å²) in [4.78, 5) is 2.32. The van der Waals surface area contributed by atoms with Gasteiger partial charge in [0.05, 0.1) is 0 Å². The second-order valence-corrected chi connectivity index (χ2v) is 6.36. The van der Waals surface area contributed by atoms with E-state index in [9.17, 15) is 13.2 Å². The van der Waals surface area contributed by atoms with Crippen molar-refractivity contribution in [2.24, 2.45) is 5.92 Å². The zero-order chi connectivity index (χ0) is 16.3. The van der Waals surface area contributed by atoms with Gasteiger partial charge in [0.1, 0.15) is 5.75 Å². The summed E-state index contributed by atoms with van der Waals surface area (Å²) in [5, 5.41) is 3.31. The van der Waals surface area contributed by atoms with Crippen LogP contribution in [-0.2, 0) is 0 Å². The quantitative estimate of drug-likeness (QED) is 0.912. The topological polar surface area (TPSA) is 24.5 Å². The van der Waals surface area contributed by atoms with Gasteiger partial charge in [-0.05, 0) is 24.8 Å². The van der Waals surface area contributed by atoms with Gasteiger partial charge in [0.25, 0.3) is 0 Å². The van der Waals surface area contributed by atoms with Gasteiger partial charge in [-0.3, -0.25) is 4.90 Å². The number of rotatable bonds is 4. The van der Waals surface area contributed by atoms with Crippen LogP contribution in [0.1, 0.15) is 37.3 Å². The molecule has 1 saturated carbocycles. The van der Waals surface area contributed by atoms with Gasteiger partial charge < -0.3 is 10.1 Å². The molecule has 0 bridgehead atoms. The maximum Gasteiger partial charge on any atom is 0.573 e. The van der Waals surface area contributed by atoms with E-state index >= 15 is 0 Å². The number of ether oxygens (including phenoxy) is 1. The molecule has 1 aromatic carbocycles. The zero-order valence-electron chi connectivity index (χ0n) is 13.1. The Morgan fingerprint density at radius 1 is 1.09 bits per heavy atom. The third kappa shape index (κ3) is 4.18. The molecule has 3 rings (SSSR count). The number of benzene rings is 1. The molecule has 2 fully saturated rings. The third-order valence-corrected chi connectivity index (χ3v) is 4.85. The molecule has 1 aliphatic carbocycles. The van der Waals surface area contributed by atoms with Crippen LogP contribution in [0.15, 0.2) is 24.3 Å². The molecule has 23 heavy (non-hydrogen) atoms. The van der Waals surface area contributed by atoms with E-state index in [1.54, 1.807) is 12.1 Å². The summed E-state index contributed by atoms with van der Waals surface area (Å²) in [5.74, 6) is 0.363. The Labute approximate surface area is 134 Å². The maximum atomic E-state index is 12.8. The highest BCUT2D eigenvalue weighted by Gasteiger charge is 2.37. The number of hydrogen-bond donors (Lipinski definition) is 1. The predicted molar refractivity (Wildman–Crippen MR) is 82.3 cm³/mol. The second kappa shape index (κ2) is 7.09. The molecule has 128 valence electrons. The van der Waals surface area contributed by atoms with Crippen molar-refractivity contribution in [3.63, 3.8) is 0 Å². The molecule has 1 aliphatic heterocycles. The first-order valence-corrected chi connectivity index (χ1v) is 8.34. The van der Waals surface area contributed by atoms with E-state index in [0.29, 0.717) is 11.5 Å². The highest BCUT2D eigenvalue weighted by molar-refractivity contribution is 5.37. The Balaban J connectivity index is 1.92. The van der Waals surface area contributed by atoms with Gasteiger partial charge in [-0.1, -0.05) is 31.0 Å². The molecule has 1 atom stereocenters. The fourth-order valence-corrected chi connectivity index (χ4v) is 3.92. The molecule has 1 N–H and O–H groups in total. The summed E-state index contributed by atoms with van der Waals surface area (Å²) in [6, 6.07) is 6.66. The highest BCUT2D eigenvalue weighted by Crippen LogP contribution is 2.43. The van der Waals surface area contributed by atoms with Crippen LogP contribution >= 0.6 is 0 Å². The van der Waals surface area contributed by atoms with Gasteiger partial charge in [-0.2, -0.15) is 0 Å². The molecule has 0 radical (unpaired) electrons. The SMILES string of the molecule is FC(F)(F)Oc1ccccc1[C@H](C1CCCC1)N1CCNCC1. The normalized spacial score (nSPS) is 22.2. The fraction of sp³-hybridized carbons (Fsp3) is 0.647. The van der Waals surface area contributed by atoms with Crippen LogP contribution in [0.4, 0.5) is 13.2 Å². The van der Waals surface area contributed by atoms with Crippen molar-refractivity contribution < 1.29 is 17.9 Å². The zero-order valence-corrected chi connectivity index (χ0v) is 13.1. The van der Waals surface area contributed by atoms with Crippen molar-refractivity contribution in [1.29, 1.82) is 0 Å². The lowest BCUT2D eigenvalue weighted by molar-refractivity contribution is -0.275. The van der Waals surface area contributed by atoms with E-state index in [0.717, 1.165) is 51.9 Å². The van der Waals surface area contributed by atoms with Crippen LogP contribution < -0.4 is 10.1 Å². The number of piperazine rings is 1. The largest absolute Gasteiger partial charge is 0.573 e. The van der Waals surface area contributed by atoms with E-state index < -0.39 is 6.36 Å². The highest BCUT2D eigenvalue weighted by atomic mass is 19.4. The van der Waals surface area contributed by atoms with Crippen molar-refractivity contribution in [1.82, 2.24) is 10.2 Å². The van der Waals surface area contributed by atoms with Crippen LogP contribution in [-0.4, -0.2) is 37.4 Å². The number of nitrogens with zero attached hydrogens (tertiary/aromatic N) is 1. The summed E-state index contributed by atoms with van der Waals surface area (Å²) in [5.41, 5.74) is 0.679. The first-order valence-electron chi connectivity index (χ1n) is 8.34. The summed E-state index contributed by atoms with van der Waals surface area (Å²) >= 11 is 0. The molecule has 1 saturated heterocycles. The lowest BCUT2D eigenvalue weighted by Crippen LogP contribution is -2.46. The van der Waals surface area contributed by atoms with Gasteiger partial charge in [0, 0.05) is 37.8 Å². The Morgan fingerprint density at radius 2 is 1.74 bits per heavy atom. The second-order valence-electron chi connectivity index (χ2n) is 6.36. The first kappa shape index (κ1) is 16.6. The Morgan fingerprint density at radius 3 is 2.39 bits per heavy atom. The molecule has 0 unspecified atom stereocenters. The smallest absolute Gasteiger partial charge is 0.405 e. The molecular formula is C17H23F3N2O. The molecule has 1 aromatic rings. The van der Waals surface area contributed by atoms with Gasteiger partial charge in [-0.25, -0.2) is 0 Å². The van der Waals surface area contributed by atoms with Crippen LogP contribution in [0.3, 0.4) is 0 Å². The predicted octanol–water partition coefficient (Wildman–Crippen LogP) is 3.72. The van der Waals surface area contributed by atoms with Gasteiger partial charge in [0.2, 0.25) is 0 Å². The number of hydrogen-bond acceptors (Lipinski definition) is 3. The van der Waals surface area contributed by atoms with E-state index in [2.05, 4.69) is 15.0 Å². The molecule has 3 nitrogen and oxygen atoms in total. The molecule has 1 heterocycles. The molecular weight excluding hydrogens is 305 g/mol. The number of halogens is 3. The molecule has 6 heteroatoms. The summed E-state index contributed by atoms with van der Waals surface area (Å²) in [6.07, 6.45) is -0.172. The van der Waals surface area contributed by atoms with E-state index in [4.69, 9.17) is 0 Å². The minimum absolute atomic E-state index is 0.0122. The summed E-state index contributed by atoms with van der Waals surface area (Å²) in [7, 11) is 0. The average Bonchev–Trinajstić information content (AvgIpc) is 3.03. The Kier molecular flexibility index (Phi) is 5.11. The Hall–Kier alpha value is -1.27. The minimum Gasteiger partial charge on any atom is -0.405 e. The van der Waals surface area contributed by atoms with Gasteiger partial charge in [-0.15, -0.1) is 13.2 Å². The van der Waals surface area contributed by atoms with Crippen molar-refractivity contribution in [3.8, 4) is 5.75 Å². The minimum atomic E-state index is -4.65. The lowest BCUT2D eigenvalue weighted by atomic mass is 9.89. The molecule has 2 aliphatic rings. The van der Waals surface area contributed by atoms with Crippen molar-refractivity contribution in [3.05, 3.63) is 29.8 Å². The first-order chi connectivity index (χ1) is 11.0. The fourth-order valence-electron chi connectivity index (χ4n) is 3.92. The standard InChI is InChI=1S/C17H23F3N2O/c18-17(19,20)23-15-8-4-3-7-14(15)16(13-5-1-2-6-13)22-11-9-21-10-12-22/h3-4,7-8,13,16,21H,1-2,5-6,9-12H2/t16-/m0/s1. The number of alkyl halides is 3. The molecule has 0 amide bonds. The van der Waals surface area contributed by atoms with Gasteiger partial charge >= 0.3 is 6.36 Å². The third-order valence-electron chi connectivity index (χ3n) is 4.85. The van der Waals surface area contributed by atoms with E-state index in [-0.39, 0.29) is 11.8 Å². The number of para-hydroxylation sites is 1. The van der Waals surface area contributed by atoms with Crippen molar-refractivity contribution in [2.45, 2.75) is 38.1 Å². The van der Waals surface area contributed by atoms with E-state index in [1.165, 1.54) is 6.07 Å². The Bertz CT molecular complexity index is 509. The van der Waals surface area contributed by atoms with Crippen molar-refractivity contribution >= 4 is 0 Å². The lowest BCUT2D eigenvalue weighted by Gasteiger charge is -2.39. The van der Waals surface area contributed by atoms with Crippen LogP contribution in [0.25, 0.3) is 0 Å². The number of nitrogens with one attached hydrogen (secondary N) is 1. The molecule has 0 spiro atoms. The van der Waals surface area contributed by atoms with Gasteiger partial charge in [0.15, 0.2) is 0 Å². The van der Waals surface area contributed by atoms with Crippen LogP contribution in [0.5, 0.6) is 5.75 Å². The van der Waals surface area contributed by atoms with Crippen molar-refractivity contribution in [2.75, 3.05) is 26.2 Å². The summed E-state index contributed by atoms with van der Waals surface area (Å²) < 4.78 is 42.6. The average molecular weight is 328 g/mol. The van der Waals surface area contributed by atoms with Crippen LogP contribution in [0, 0.1) is 5.92 Å². The van der Waals surface area contributed by atoms with E-state index in [1.807, 2.05) is 6.07 Å².